The molecular formula is C19H31N5O. The van der Waals surface area contributed by atoms with E-state index < -0.39 is 0 Å². The van der Waals surface area contributed by atoms with Gasteiger partial charge in [-0.1, -0.05) is 0 Å². The summed E-state index contributed by atoms with van der Waals surface area (Å²) in [7, 11) is 6.14. The van der Waals surface area contributed by atoms with Crippen molar-refractivity contribution in [1.29, 1.82) is 0 Å². The van der Waals surface area contributed by atoms with Crippen LogP contribution in [0.1, 0.15) is 37.1 Å². The van der Waals surface area contributed by atoms with Crippen LogP contribution in [0.15, 0.2) is 12.4 Å². The summed E-state index contributed by atoms with van der Waals surface area (Å²) < 4.78 is 0. The van der Waals surface area contributed by atoms with E-state index in [2.05, 4.69) is 31.7 Å². The lowest BCUT2D eigenvalue weighted by Gasteiger charge is -2.34. The van der Waals surface area contributed by atoms with Crippen molar-refractivity contribution in [2.24, 2.45) is 5.92 Å². The van der Waals surface area contributed by atoms with E-state index in [1.807, 2.05) is 26.5 Å². The van der Waals surface area contributed by atoms with Crippen molar-refractivity contribution in [3.63, 3.8) is 0 Å². The number of nitrogens with zero attached hydrogens (tertiary/aromatic N) is 5. The highest BCUT2D eigenvalue weighted by molar-refractivity contribution is 5.82. The zero-order valence-electron chi connectivity index (χ0n) is 15.8. The smallest absolute Gasteiger partial charge is 0.239 e. The van der Waals surface area contributed by atoms with Crippen LogP contribution in [-0.2, 0) is 17.8 Å². The van der Waals surface area contributed by atoms with Crippen molar-refractivity contribution in [1.82, 2.24) is 24.7 Å². The Bertz CT molecular complexity index is 566. The monoisotopic (exact) mass is 345 g/mol. The van der Waals surface area contributed by atoms with Gasteiger partial charge in [0.15, 0.2) is 0 Å². The fraction of sp³-hybridized carbons (Fsp3) is 0.737. The molecule has 0 unspecified atom stereocenters. The minimum absolute atomic E-state index is 0.117. The number of likely N-dealkylation sites (N-methyl/N-ethyl adjacent to an activating group) is 1. The van der Waals surface area contributed by atoms with Gasteiger partial charge in [0.2, 0.25) is 5.91 Å². The summed E-state index contributed by atoms with van der Waals surface area (Å²) in [6, 6.07) is 0.117. The highest BCUT2D eigenvalue weighted by atomic mass is 16.2. The molecule has 2 aliphatic heterocycles. The van der Waals surface area contributed by atoms with Gasteiger partial charge in [-0.2, -0.15) is 0 Å². The van der Waals surface area contributed by atoms with Gasteiger partial charge in [-0.25, -0.2) is 0 Å². The number of hydrogen-bond donors (Lipinski definition) is 0. The third kappa shape index (κ3) is 4.76. The predicted octanol–water partition coefficient (Wildman–Crippen LogP) is 1.41. The van der Waals surface area contributed by atoms with Crippen molar-refractivity contribution in [2.75, 3.05) is 40.8 Å². The van der Waals surface area contributed by atoms with Crippen LogP contribution in [0, 0.1) is 5.92 Å². The van der Waals surface area contributed by atoms with E-state index >= 15 is 0 Å². The number of carbonyl (C=O) groups excluding carboxylic acids is 1. The molecule has 2 fully saturated rings. The summed E-state index contributed by atoms with van der Waals surface area (Å²) in [6.45, 7) is 3.65. The second-order valence-corrected chi connectivity index (χ2v) is 7.85. The third-order valence-electron chi connectivity index (χ3n) is 5.47. The maximum absolute atomic E-state index is 12.7. The van der Waals surface area contributed by atoms with Crippen LogP contribution in [0.25, 0.3) is 0 Å². The molecule has 0 saturated carbocycles. The summed E-state index contributed by atoms with van der Waals surface area (Å²) in [5.74, 6) is 0.950. The Morgan fingerprint density at radius 1 is 1.12 bits per heavy atom. The first-order valence-electron chi connectivity index (χ1n) is 9.46. The molecule has 6 heteroatoms. The lowest BCUT2D eigenvalue weighted by atomic mass is 9.92. The largest absolute Gasteiger partial charge is 0.341 e. The zero-order valence-corrected chi connectivity index (χ0v) is 15.8. The molecule has 0 radical (unpaired) electrons. The van der Waals surface area contributed by atoms with E-state index in [0.29, 0.717) is 11.8 Å². The number of rotatable bonds is 5. The summed E-state index contributed by atoms with van der Waals surface area (Å²) in [5, 5.41) is 0. The van der Waals surface area contributed by atoms with Gasteiger partial charge in [0.05, 0.1) is 23.6 Å². The number of carbonyl (C=O) groups is 1. The van der Waals surface area contributed by atoms with Crippen LogP contribution < -0.4 is 0 Å². The van der Waals surface area contributed by atoms with Crippen LogP contribution in [0.4, 0.5) is 0 Å². The molecule has 0 N–H and O–H groups in total. The van der Waals surface area contributed by atoms with Crippen molar-refractivity contribution in [3.8, 4) is 0 Å². The lowest BCUT2D eigenvalue weighted by molar-refractivity contribution is -0.137. The van der Waals surface area contributed by atoms with E-state index in [4.69, 9.17) is 0 Å². The molecule has 0 aromatic carbocycles. The van der Waals surface area contributed by atoms with E-state index in [1.54, 1.807) is 0 Å². The van der Waals surface area contributed by atoms with Gasteiger partial charge < -0.3 is 9.80 Å². The number of hydrogen-bond acceptors (Lipinski definition) is 5. The molecule has 2 aliphatic rings. The number of likely N-dealkylation sites (tertiary alicyclic amines) is 2. The zero-order chi connectivity index (χ0) is 17.8. The average Bonchev–Trinajstić information content (AvgIpc) is 3.02. The molecular weight excluding hydrogens is 314 g/mol. The van der Waals surface area contributed by atoms with Gasteiger partial charge in [0, 0.05) is 25.8 Å². The van der Waals surface area contributed by atoms with Crippen molar-refractivity contribution >= 4 is 5.91 Å². The lowest BCUT2D eigenvalue weighted by Crippen LogP contribution is -2.47. The number of aromatic nitrogens is 2. The maximum Gasteiger partial charge on any atom is 0.239 e. The normalized spacial score (nSPS) is 22.7. The van der Waals surface area contributed by atoms with Gasteiger partial charge in [0.1, 0.15) is 0 Å². The molecule has 1 amide bonds. The maximum atomic E-state index is 12.7. The van der Waals surface area contributed by atoms with Gasteiger partial charge in [0.25, 0.3) is 0 Å². The Labute approximate surface area is 151 Å². The average molecular weight is 345 g/mol. The van der Waals surface area contributed by atoms with Gasteiger partial charge in [-0.05, 0) is 65.7 Å². The standard InChI is InChI=1S/C19H31N5O/c1-22(2)14-17-13-20-16(12-21-17)11-15-6-9-24(10-7-15)19(25)18-5-4-8-23(18)3/h12-13,15,18H,4-11,14H2,1-3H3/t18-/m1/s1. The Hall–Kier alpha value is -1.53. The highest BCUT2D eigenvalue weighted by Crippen LogP contribution is 2.24. The number of amides is 1. The molecule has 1 aromatic heterocycles. The summed E-state index contributed by atoms with van der Waals surface area (Å²) in [4.78, 5) is 28.1. The summed E-state index contributed by atoms with van der Waals surface area (Å²) in [6.07, 6.45) is 9.09. The molecule has 138 valence electrons. The molecule has 0 bridgehead atoms. The Balaban J connectivity index is 1.47. The van der Waals surface area contributed by atoms with E-state index in [9.17, 15) is 4.79 Å². The first kappa shape index (κ1) is 18.3. The van der Waals surface area contributed by atoms with Crippen LogP contribution in [-0.4, -0.2) is 77.4 Å². The Morgan fingerprint density at radius 2 is 1.80 bits per heavy atom. The molecule has 0 aliphatic carbocycles. The topological polar surface area (TPSA) is 52.6 Å². The Morgan fingerprint density at radius 3 is 2.36 bits per heavy atom. The van der Waals surface area contributed by atoms with Gasteiger partial charge in [-0.3, -0.25) is 19.7 Å². The second-order valence-electron chi connectivity index (χ2n) is 7.85. The quantitative estimate of drug-likeness (QED) is 0.808. The molecule has 3 heterocycles. The molecule has 1 aromatic rings. The minimum Gasteiger partial charge on any atom is -0.341 e. The Kier molecular flexibility index (Phi) is 6.02. The predicted molar refractivity (Wildman–Crippen MR) is 98.1 cm³/mol. The summed E-state index contributed by atoms with van der Waals surface area (Å²) >= 11 is 0. The first-order valence-corrected chi connectivity index (χ1v) is 9.46. The molecule has 3 rings (SSSR count). The fourth-order valence-corrected chi connectivity index (χ4v) is 3.98. The highest BCUT2D eigenvalue weighted by Gasteiger charge is 2.33. The molecule has 1 atom stereocenters. The van der Waals surface area contributed by atoms with Crippen LogP contribution >= 0.6 is 0 Å². The molecule has 0 spiro atoms. The summed E-state index contributed by atoms with van der Waals surface area (Å²) in [5.41, 5.74) is 2.08. The van der Waals surface area contributed by atoms with Gasteiger partial charge in [-0.15, -0.1) is 0 Å². The van der Waals surface area contributed by atoms with Gasteiger partial charge >= 0.3 is 0 Å². The third-order valence-corrected chi connectivity index (χ3v) is 5.47. The molecule has 6 nitrogen and oxygen atoms in total. The fourth-order valence-electron chi connectivity index (χ4n) is 3.98. The van der Waals surface area contributed by atoms with Crippen molar-refractivity contribution in [3.05, 3.63) is 23.8 Å². The number of piperidine rings is 1. The van der Waals surface area contributed by atoms with Crippen molar-refractivity contribution < 1.29 is 4.79 Å². The van der Waals surface area contributed by atoms with E-state index in [0.717, 1.165) is 69.7 Å². The molecule has 25 heavy (non-hydrogen) atoms. The van der Waals surface area contributed by atoms with Crippen molar-refractivity contribution in [2.45, 2.75) is 44.7 Å². The minimum atomic E-state index is 0.117. The van der Waals surface area contributed by atoms with Crippen LogP contribution in [0.3, 0.4) is 0 Å². The second kappa shape index (κ2) is 8.23. The van der Waals surface area contributed by atoms with E-state index in [1.165, 1.54) is 0 Å². The molecule has 2 saturated heterocycles. The SMILES string of the molecule is CN(C)Cc1cnc(CC2CCN(C(=O)[C@H]3CCCN3C)CC2)cn1. The van der Waals surface area contributed by atoms with Crippen LogP contribution in [0.2, 0.25) is 0 Å². The van der Waals surface area contributed by atoms with Crippen LogP contribution in [0.5, 0.6) is 0 Å². The van der Waals surface area contributed by atoms with E-state index in [-0.39, 0.29) is 6.04 Å². The first-order chi connectivity index (χ1) is 12.0.